The van der Waals surface area contributed by atoms with E-state index >= 15 is 0 Å². The summed E-state index contributed by atoms with van der Waals surface area (Å²) in [5.41, 5.74) is 0.509. The van der Waals surface area contributed by atoms with E-state index in [-0.39, 0.29) is 29.8 Å². The number of carbonyl (C=O) groups is 2. The van der Waals surface area contributed by atoms with Crippen LogP contribution in [0, 0.1) is 5.82 Å². The van der Waals surface area contributed by atoms with Crippen molar-refractivity contribution in [3.05, 3.63) is 35.9 Å². The van der Waals surface area contributed by atoms with Gasteiger partial charge in [-0.1, -0.05) is 11.8 Å². The van der Waals surface area contributed by atoms with Gasteiger partial charge in [0.15, 0.2) is 5.16 Å². The molecule has 27 heavy (non-hydrogen) atoms. The minimum Gasteiger partial charge on any atom is -0.378 e. The quantitative estimate of drug-likeness (QED) is 0.739. The highest BCUT2D eigenvalue weighted by atomic mass is 32.2. The van der Waals surface area contributed by atoms with Gasteiger partial charge in [0, 0.05) is 25.8 Å². The lowest BCUT2D eigenvalue weighted by atomic mass is 10.3. The van der Waals surface area contributed by atoms with E-state index in [2.05, 4.69) is 15.5 Å². The largest absolute Gasteiger partial charge is 0.378 e. The topological polar surface area (TPSA) is 89.3 Å². The molecule has 0 bridgehead atoms. The van der Waals surface area contributed by atoms with Gasteiger partial charge in [0.05, 0.1) is 25.4 Å². The molecule has 0 atom stereocenters. The standard InChI is InChI=1S/C17H20FN5O3S/c1-22-14(10-15(24)19-13-4-2-12(18)3-5-13)20-21-17(22)27-11-16(25)23-6-8-26-9-7-23/h2-5H,6-11H2,1H3,(H,19,24). The van der Waals surface area contributed by atoms with Crippen molar-refractivity contribution in [2.75, 3.05) is 37.4 Å². The van der Waals surface area contributed by atoms with Gasteiger partial charge in [0.25, 0.3) is 0 Å². The maximum absolute atomic E-state index is 12.9. The van der Waals surface area contributed by atoms with Gasteiger partial charge < -0.3 is 19.5 Å². The number of thioether (sulfide) groups is 1. The molecule has 2 heterocycles. The zero-order chi connectivity index (χ0) is 19.2. The zero-order valence-electron chi connectivity index (χ0n) is 14.9. The summed E-state index contributed by atoms with van der Waals surface area (Å²) in [4.78, 5) is 26.1. The number of hydrogen-bond acceptors (Lipinski definition) is 6. The van der Waals surface area contributed by atoms with Crippen LogP contribution in [-0.2, 0) is 27.8 Å². The molecule has 0 spiro atoms. The fourth-order valence-electron chi connectivity index (χ4n) is 2.54. The maximum Gasteiger partial charge on any atom is 0.233 e. The predicted octanol–water partition coefficient (Wildman–Crippen LogP) is 1.09. The average molecular weight is 393 g/mol. The van der Waals surface area contributed by atoms with Crippen LogP contribution in [0.5, 0.6) is 0 Å². The molecule has 1 fully saturated rings. The van der Waals surface area contributed by atoms with Crippen LogP contribution in [0.3, 0.4) is 0 Å². The molecule has 1 aliphatic heterocycles. The first-order valence-electron chi connectivity index (χ1n) is 8.45. The third kappa shape index (κ3) is 5.27. The van der Waals surface area contributed by atoms with Crippen molar-refractivity contribution in [3.8, 4) is 0 Å². The molecule has 1 N–H and O–H groups in total. The molecule has 10 heteroatoms. The van der Waals surface area contributed by atoms with Crippen LogP contribution in [0.15, 0.2) is 29.4 Å². The van der Waals surface area contributed by atoms with Crippen LogP contribution in [0.4, 0.5) is 10.1 Å². The molecular weight excluding hydrogens is 373 g/mol. The van der Waals surface area contributed by atoms with Crippen molar-refractivity contribution >= 4 is 29.3 Å². The Hall–Kier alpha value is -2.46. The lowest BCUT2D eigenvalue weighted by Gasteiger charge is -2.26. The fraction of sp³-hybridized carbons (Fsp3) is 0.412. The molecule has 0 saturated carbocycles. The summed E-state index contributed by atoms with van der Waals surface area (Å²) >= 11 is 1.29. The Morgan fingerprint density at radius 3 is 2.63 bits per heavy atom. The number of halogens is 1. The smallest absolute Gasteiger partial charge is 0.233 e. The van der Waals surface area contributed by atoms with Crippen LogP contribution < -0.4 is 5.32 Å². The molecule has 1 aliphatic rings. The minimum absolute atomic E-state index is 0.0266. The predicted molar refractivity (Wildman–Crippen MR) is 97.9 cm³/mol. The summed E-state index contributed by atoms with van der Waals surface area (Å²) in [5.74, 6) is 0.124. The molecule has 1 saturated heterocycles. The molecular formula is C17H20FN5O3S. The Labute approximate surface area is 160 Å². The van der Waals surface area contributed by atoms with E-state index in [1.807, 2.05) is 0 Å². The molecule has 2 amide bonds. The Morgan fingerprint density at radius 1 is 1.22 bits per heavy atom. The number of carbonyl (C=O) groups excluding carboxylic acids is 2. The number of nitrogens with one attached hydrogen (secondary N) is 1. The van der Waals surface area contributed by atoms with Gasteiger partial charge in [-0.3, -0.25) is 9.59 Å². The Balaban J connectivity index is 1.52. The lowest BCUT2D eigenvalue weighted by Crippen LogP contribution is -2.41. The van der Waals surface area contributed by atoms with E-state index in [0.29, 0.717) is 43.0 Å². The monoisotopic (exact) mass is 393 g/mol. The second-order valence-electron chi connectivity index (χ2n) is 5.97. The number of nitrogens with zero attached hydrogens (tertiary/aromatic N) is 4. The number of amides is 2. The van der Waals surface area contributed by atoms with E-state index < -0.39 is 0 Å². The van der Waals surface area contributed by atoms with Gasteiger partial charge >= 0.3 is 0 Å². The molecule has 1 aromatic carbocycles. The van der Waals surface area contributed by atoms with Gasteiger partial charge in [0.2, 0.25) is 11.8 Å². The van der Waals surface area contributed by atoms with E-state index in [1.54, 1.807) is 16.5 Å². The number of hydrogen-bond donors (Lipinski definition) is 1. The highest BCUT2D eigenvalue weighted by molar-refractivity contribution is 7.99. The third-order valence-corrected chi connectivity index (χ3v) is 5.07. The summed E-state index contributed by atoms with van der Waals surface area (Å²) in [6, 6.07) is 5.53. The molecule has 0 radical (unpaired) electrons. The summed E-state index contributed by atoms with van der Waals surface area (Å²) in [5, 5.41) is 11.3. The summed E-state index contributed by atoms with van der Waals surface area (Å²) in [7, 11) is 1.75. The second-order valence-corrected chi connectivity index (χ2v) is 6.91. The van der Waals surface area contributed by atoms with Crippen LogP contribution in [0.2, 0.25) is 0 Å². The van der Waals surface area contributed by atoms with E-state index in [4.69, 9.17) is 4.74 Å². The Bertz CT molecular complexity index is 805. The number of anilines is 1. The number of benzene rings is 1. The Morgan fingerprint density at radius 2 is 1.93 bits per heavy atom. The van der Waals surface area contributed by atoms with E-state index in [9.17, 15) is 14.0 Å². The number of ether oxygens (including phenoxy) is 1. The van der Waals surface area contributed by atoms with Gasteiger partial charge in [-0.05, 0) is 24.3 Å². The third-order valence-electron chi connectivity index (χ3n) is 4.06. The minimum atomic E-state index is -0.366. The first-order valence-corrected chi connectivity index (χ1v) is 9.43. The van der Waals surface area contributed by atoms with Crippen molar-refractivity contribution in [2.24, 2.45) is 7.05 Å². The van der Waals surface area contributed by atoms with Crippen LogP contribution in [0.25, 0.3) is 0 Å². The zero-order valence-corrected chi connectivity index (χ0v) is 15.7. The summed E-state index contributed by atoms with van der Waals surface area (Å²) in [6.45, 7) is 2.33. The number of aromatic nitrogens is 3. The van der Waals surface area contributed by atoms with Gasteiger partial charge in [0.1, 0.15) is 11.6 Å². The number of morpholine rings is 1. The normalized spacial score (nSPS) is 14.2. The molecule has 2 aromatic rings. The molecule has 144 valence electrons. The van der Waals surface area contributed by atoms with Crippen LogP contribution >= 0.6 is 11.8 Å². The first-order chi connectivity index (χ1) is 13.0. The van der Waals surface area contributed by atoms with Gasteiger partial charge in [-0.2, -0.15) is 0 Å². The molecule has 1 aromatic heterocycles. The van der Waals surface area contributed by atoms with E-state index in [1.165, 1.54) is 36.0 Å². The van der Waals surface area contributed by atoms with Crippen molar-refractivity contribution in [1.29, 1.82) is 0 Å². The van der Waals surface area contributed by atoms with Crippen molar-refractivity contribution in [3.63, 3.8) is 0 Å². The molecule has 0 unspecified atom stereocenters. The lowest BCUT2D eigenvalue weighted by molar-refractivity contribution is -0.132. The average Bonchev–Trinajstić information content (AvgIpc) is 3.02. The number of rotatable bonds is 6. The van der Waals surface area contributed by atoms with Crippen molar-refractivity contribution < 1.29 is 18.7 Å². The van der Waals surface area contributed by atoms with Crippen LogP contribution in [0.1, 0.15) is 5.82 Å². The molecule has 8 nitrogen and oxygen atoms in total. The maximum atomic E-state index is 12.9. The highest BCUT2D eigenvalue weighted by Gasteiger charge is 2.19. The van der Waals surface area contributed by atoms with E-state index in [0.717, 1.165) is 0 Å². The second kappa shape index (κ2) is 8.96. The fourth-order valence-corrected chi connectivity index (χ4v) is 3.37. The Kier molecular flexibility index (Phi) is 6.40. The summed E-state index contributed by atoms with van der Waals surface area (Å²) < 4.78 is 19.8. The first kappa shape index (κ1) is 19.3. The SMILES string of the molecule is Cn1c(CC(=O)Nc2ccc(F)cc2)nnc1SCC(=O)N1CCOCC1. The summed E-state index contributed by atoms with van der Waals surface area (Å²) in [6.07, 6.45) is 0.0266. The van der Waals surface area contributed by atoms with Gasteiger partial charge in [-0.25, -0.2) is 4.39 Å². The highest BCUT2D eigenvalue weighted by Crippen LogP contribution is 2.17. The van der Waals surface area contributed by atoms with Crippen molar-refractivity contribution in [2.45, 2.75) is 11.6 Å². The molecule has 3 rings (SSSR count). The van der Waals surface area contributed by atoms with Gasteiger partial charge in [-0.15, -0.1) is 10.2 Å². The van der Waals surface area contributed by atoms with Crippen molar-refractivity contribution in [1.82, 2.24) is 19.7 Å². The molecule has 0 aliphatic carbocycles. The van der Waals surface area contributed by atoms with Crippen LogP contribution in [-0.4, -0.2) is 63.5 Å².